The van der Waals surface area contributed by atoms with Gasteiger partial charge in [0.05, 0.1) is 19.2 Å². The van der Waals surface area contributed by atoms with Gasteiger partial charge in [0.2, 0.25) is 0 Å². The molecule has 1 saturated heterocycles. The number of benzene rings is 2. The number of carbonyl (C=O) groups excluding carboxylic acids is 1. The first-order valence-corrected chi connectivity index (χ1v) is 11.9. The highest BCUT2D eigenvalue weighted by Crippen LogP contribution is 2.31. The van der Waals surface area contributed by atoms with Crippen molar-refractivity contribution < 1.29 is 9.53 Å². The SMILES string of the molecule is O=C(NC1CCCCC1)N1CC(OC(c2ccc(Br)cc2)c2ccc(Br)cc2)C1. The van der Waals surface area contributed by atoms with Gasteiger partial charge in [0.25, 0.3) is 0 Å². The van der Waals surface area contributed by atoms with Crippen LogP contribution < -0.4 is 5.32 Å². The van der Waals surface area contributed by atoms with Gasteiger partial charge < -0.3 is 15.0 Å². The summed E-state index contributed by atoms with van der Waals surface area (Å²) in [4.78, 5) is 14.3. The molecule has 4 nitrogen and oxygen atoms in total. The molecule has 2 aromatic carbocycles. The zero-order valence-electron chi connectivity index (χ0n) is 16.3. The number of nitrogens with zero attached hydrogens (tertiary/aromatic N) is 1. The van der Waals surface area contributed by atoms with E-state index in [0.29, 0.717) is 19.1 Å². The van der Waals surface area contributed by atoms with Gasteiger partial charge in [-0.3, -0.25) is 0 Å². The number of hydrogen-bond acceptors (Lipinski definition) is 2. The molecule has 154 valence electrons. The van der Waals surface area contributed by atoms with Crippen LogP contribution >= 0.6 is 31.9 Å². The summed E-state index contributed by atoms with van der Waals surface area (Å²) in [7, 11) is 0. The van der Waals surface area contributed by atoms with Crippen LogP contribution in [-0.4, -0.2) is 36.2 Å². The van der Waals surface area contributed by atoms with Gasteiger partial charge in [-0.25, -0.2) is 4.79 Å². The van der Waals surface area contributed by atoms with Crippen molar-refractivity contribution in [3.63, 3.8) is 0 Å². The number of carbonyl (C=O) groups is 1. The fourth-order valence-corrected chi connectivity index (χ4v) is 4.55. The van der Waals surface area contributed by atoms with E-state index in [1.165, 1.54) is 19.3 Å². The van der Waals surface area contributed by atoms with Crippen molar-refractivity contribution in [2.45, 2.75) is 50.4 Å². The number of rotatable bonds is 5. The summed E-state index contributed by atoms with van der Waals surface area (Å²) in [5, 5.41) is 3.19. The maximum Gasteiger partial charge on any atom is 0.317 e. The highest BCUT2D eigenvalue weighted by molar-refractivity contribution is 9.10. The first-order valence-electron chi connectivity index (χ1n) is 10.3. The Morgan fingerprint density at radius 1 is 0.897 bits per heavy atom. The normalized spacial score (nSPS) is 18.0. The Hall–Kier alpha value is -1.37. The molecule has 2 fully saturated rings. The van der Waals surface area contributed by atoms with Gasteiger partial charge in [-0.05, 0) is 48.2 Å². The number of amides is 2. The Bertz CT molecular complexity index is 768. The molecule has 0 bridgehead atoms. The molecule has 2 amide bonds. The quantitative estimate of drug-likeness (QED) is 0.520. The minimum absolute atomic E-state index is 0.0457. The first kappa shape index (κ1) is 20.9. The van der Waals surface area contributed by atoms with Crippen LogP contribution in [0.4, 0.5) is 4.79 Å². The predicted octanol–water partition coefficient (Wildman–Crippen LogP) is 6.04. The Morgan fingerprint density at radius 2 is 1.41 bits per heavy atom. The molecule has 2 aromatic rings. The maximum atomic E-state index is 12.5. The van der Waals surface area contributed by atoms with E-state index < -0.39 is 0 Å². The molecule has 1 aliphatic heterocycles. The lowest BCUT2D eigenvalue weighted by molar-refractivity contribution is -0.0649. The number of urea groups is 1. The van der Waals surface area contributed by atoms with Crippen LogP contribution in [0.1, 0.15) is 49.3 Å². The van der Waals surface area contributed by atoms with Crippen LogP contribution in [0.3, 0.4) is 0 Å². The highest BCUT2D eigenvalue weighted by atomic mass is 79.9. The Morgan fingerprint density at radius 3 is 1.93 bits per heavy atom. The summed E-state index contributed by atoms with van der Waals surface area (Å²) >= 11 is 7.00. The third-order valence-corrected chi connectivity index (χ3v) is 6.80. The molecule has 2 aliphatic rings. The molecule has 29 heavy (non-hydrogen) atoms. The van der Waals surface area contributed by atoms with Crippen molar-refractivity contribution in [1.29, 1.82) is 0 Å². The number of halogens is 2. The molecule has 6 heteroatoms. The minimum atomic E-state index is -0.148. The Labute approximate surface area is 189 Å². The summed E-state index contributed by atoms with van der Waals surface area (Å²) in [6.45, 7) is 1.28. The highest BCUT2D eigenvalue weighted by Gasteiger charge is 2.34. The molecule has 0 spiro atoms. The molecule has 0 aromatic heterocycles. The summed E-state index contributed by atoms with van der Waals surface area (Å²) in [6, 6.07) is 16.9. The summed E-state index contributed by atoms with van der Waals surface area (Å²) in [5.74, 6) is 0. The molecule has 1 aliphatic carbocycles. The second kappa shape index (κ2) is 9.63. The Balaban J connectivity index is 1.38. The van der Waals surface area contributed by atoms with Crippen LogP contribution in [0.2, 0.25) is 0 Å². The van der Waals surface area contributed by atoms with E-state index in [9.17, 15) is 4.79 Å². The average Bonchev–Trinajstić information content (AvgIpc) is 2.70. The van der Waals surface area contributed by atoms with Crippen molar-refractivity contribution in [2.24, 2.45) is 0 Å². The summed E-state index contributed by atoms with van der Waals surface area (Å²) < 4.78 is 8.55. The lowest BCUT2D eigenvalue weighted by Gasteiger charge is -2.41. The topological polar surface area (TPSA) is 41.6 Å². The van der Waals surface area contributed by atoms with Gasteiger partial charge in [0, 0.05) is 15.0 Å². The molecule has 1 N–H and O–H groups in total. The van der Waals surface area contributed by atoms with E-state index in [4.69, 9.17) is 4.74 Å². The third-order valence-electron chi connectivity index (χ3n) is 5.74. The average molecular weight is 522 g/mol. The molecule has 0 unspecified atom stereocenters. The van der Waals surface area contributed by atoms with Gasteiger partial charge in [-0.2, -0.15) is 0 Å². The van der Waals surface area contributed by atoms with Crippen molar-refractivity contribution >= 4 is 37.9 Å². The third kappa shape index (κ3) is 5.41. The van der Waals surface area contributed by atoms with Gasteiger partial charge in [-0.1, -0.05) is 75.4 Å². The van der Waals surface area contributed by atoms with Crippen LogP contribution in [0.25, 0.3) is 0 Å². The molecule has 1 heterocycles. The molecule has 4 rings (SSSR count). The lowest BCUT2D eigenvalue weighted by atomic mass is 9.95. The zero-order chi connectivity index (χ0) is 20.2. The van der Waals surface area contributed by atoms with Gasteiger partial charge in [0.15, 0.2) is 0 Å². The van der Waals surface area contributed by atoms with Crippen molar-refractivity contribution in [3.05, 3.63) is 68.6 Å². The first-order chi connectivity index (χ1) is 14.1. The van der Waals surface area contributed by atoms with E-state index in [1.807, 2.05) is 29.2 Å². The van der Waals surface area contributed by atoms with Crippen LogP contribution in [-0.2, 0) is 4.74 Å². The monoisotopic (exact) mass is 520 g/mol. The smallest absolute Gasteiger partial charge is 0.317 e. The number of nitrogens with one attached hydrogen (secondary N) is 1. The van der Waals surface area contributed by atoms with E-state index in [2.05, 4.69) is 61.4 Å². The lowest BCUT2D eigenvalue weighted by Crippen LogP contribution is -2.59. The van der Waals surface area contributed by atoms with Gasteiger partial charge in [0.1, 0.15) is 6.10 Å². The minimum Gasteiger partial charge on any atom is -0.362 e. The van der Waals surface area contributed by atoms with Gasteiger partial charge in [-0.15, -0.1) is 0 Å². The molecular formula is C23H26Br2N2O2. The van der Waals surface area contributed by atoms with E-state index in [0.717, 1.165) is 32.9 Å². The molecule has 1 saturated carbocycles. The van der Waals surface area contributed by atoms with Crippen LogP contribution in [0.5, 0.6) is 0 Å². The van der Waals surface area contributed by atoms with Crippen molar-refractivity contribution in [1.82, 2.24) is 10.2 Å². The predicted molar refractivity (Wildman–Crippen MR) is 122 cm³/mol. The van der Waals surface area contributed by atoms with Crippen molar-refractivity contribution in [3.8, 4) is 0 Å². The second-order valence-electron chi connectivity index (χ2n) is 7.93. The fraction of sp³-hybridized carbons (Fsp3) is 0.435. The van der Waals surface area contributed by atoms with E-state index >= 15 is 0 Å². The van der Waals surface area contributed by atoms with Gasteiger partial charge >= 0.3 is 6.03 Å². The number of ether oxygens (including phenoxy) is 1. The molecule has 0 radical (unpaired) electrons. The largest absolute Gasteiger partial charge is 0.362 e. The number of hydrogen-bond donors (Lipinski definition) is 1. The van der Waals surface area contributed by atoms with Crippen LogP contribution in [0.15, 0.2) is 57.5 Å². The molecule has 0 atom stereocenters. The molecular weight excluding hydrogens is 496 g/mol. The summed E-state index contributed by atoms with van der Waals surface area (Å²) in [5.41, 5.74) is 2.22. The second-order valence-corrected chi connectivity index (χ2v) is 9.76. The van der Waals surface area contributed by atoms with E-state index in [-0.39, 0.29) is 18.2 Å². The summed E-state index contributed by atoms with van der Waals surface area (Å²) in [6.07, 6.45) is 5.84. The zero-order valence-corrected chi connectivity index (χ0v) is 19.5. The Kier molecular flexibility index (Phi) is 6.93. The standard InChI is InChI=1S/C23H26Br2N2O2/c24-18-10-6-16(7-11-18)22(17-8-12-19(25)13-9-17)29-21-14-27(15-21)23(28)26-20-4-2-1-3-5-20/h6-13,20-22H,1-5,14-15H2,(H,26,28). The van der Waals surface area contributed by atoms with E-state index in [1.54, 1.807) is 0 Å². The maximum absolute atomic E-state index is 12.5. The number of likely N-dealkylation sites (tertiary alicyclic amines) is 1. The fourth-order valence-electron chi connectivity index (χ4n) is 4.02. The van der Waals surface area contributed by atoms with Crippen LogP contribution in [0, 0.1) is 0 Å². The van der Waals surface area contributed by atoms with Crippen molar-refractivity contribution in [2.75, 3.05) is 13.1 Å².